The zero-order valence-corrected chi connectivity index (χ0v) is 14.7. The second-order valence-electron chi connectivity index (χ2n) is 6.73. The molecule has 0 saturated carbocycles. The first kappa shape index (κ1) is 17.6. The molecule has 7 nitrogen and oxygen atoms in total. The zero-order chi connectivity index (χ0) is 17.8. The normalized spacial score (nSPS) is 21.6. The van der Waals surface area contributed by atoms with E-state index in [1.807, 2.05) is 41.0 Å². The van der Waals surface area contributed by atoms with Crippen LogP contribution in [0, 0.1) is 0 Å². The minimum Gasteiger partial charge on any atom is -0.480 e. The molecule has 134 valence electrons. The lowest BCUT2D eigenvalue weighted by Gasteiger charge is -2.40. The summed E-state index contributed by atoms with van der Waals surface area (Å²) in [6.45, 7) is 2.11. The van der Waals surface area contributed by atoms with Crippen LogP contribution in [0.2, 0.25) is 0 Å². The maximum Gasteiger partial charge on any atom is 0.320 e. The van der Waals surface area contributed by atoms with Gasteiger partial charge in [0.05, 0.1) is 6.54 Å². The van der Waals surface area contributed by atoms with Gasteiger partial charge >= 0.3 is 5.97 Å². The van der Waals surface area contributed by atoms with Gasteiger partial charge in [-0.25, -0.2) is 4.98 Å². The molecule has 1 aliphatic heterocycles. The van der Waals surface area contributed by atoms with Crippen LogP contribution in [0.3, 0.4) is 0 Å². The van der Waals surface area contributed by atoms with Crippen LogP contribution in [0.25, 0.3) is 0 Å². The summed E-state index contributed by atoms with van der Waals surface area (Å²) < 4.78 is 1.94. The van der Waals surface area contributed by atoms with Gasteiger partial charge in [0.15, 0.2) is 0 Å². The predicted molar refractivity (Wildman–Crippen MR) is 93.8 cm³/mol. The predicted octanol–water partition coefficient (Wildman–Crippen LogP) is 1.36. The summed E-state index contributed by atoms with van der Waals surface area (Å²) in [5.41, 5.74) is 1.15. The number of aliphatic carboxylic acids is 1. The molecule has 7 heteroatoms. The van der Waals surface area contributed by atoms with Crippen LogP contribution in [-0.2, 0) is 24.9 Å². The third-order valence-corrected chi connectivity index (χ3v) is 5.01. The van der Waals surface area contributed by atoms with Crippen LogP contribution in [0.4, 0.5) is 0 Å². The van der Waals surface area contributed by atoms with Crippen LogP contribution in [-0.4, -0.2) is 61.1 Å². The molecule has 2 aromatic heterocycles. The van der Waals surface area contributed by atoms with Crippen molar-refractivity contribution in [2.45, 2.75) is 38.0 Å². The first-order valence-corrected chi connectivity index (χ1v) is 8.57. The minimum atomic E-state index is -0.756. The van der Waals surface area contributed by atoms with Gasteiger partial charge in [0.25, 0.3) is 0 Å². The highest BCUT2D eigenvalue weighted by molar-refractivity contribution is 5.73. The largest absolute Gasteiger partial charge is 0.480 e. The molecule has 1 aliphatic rings. The molecule has 3 heterocycles. The number of hydrogen-bond acceptors (Lipinski definition) is 5. The fraction of sp³-hybridized carbons (Fsp3) is 0.500. The van der Waals surface area contributed by atoms with Crippen LogP contribution < -0.4 is 0 Å². The Bertz CT molecular complexity index is 703. The summed E-state index contributed by atoms with van der Waals surface area (Å²) >= 11 is 0. The van der Waals surface area contributed by atoms with Gasteiger partial charge in [0.1, 0.15) is 11.9 Å². The Balaban J connectivity index is 1.64. The molecule has 25 heavy (non-hydrogen) atoms. The Hall–Kier alpha value is -2.25. The summed E-state index contributed by atoms with van der Waals surface area (Å²) in [6.07, 6.45) is 8.84. The van der Waals surface area contributed by atoms with Crippen LogP contribution in [0.1, 0.15) is 24.2 Å². The van der Waals surface area contributed by atoms with Crippen molar-refractivity contribution in [3.8, 4) is 0 Å². The first-order chi connectivity index (χ1) is 12.0. The van der Waals surface area contributed by atoms with Crippen molar-refractivity contribution in [3.63, 3.8) is 0 Å². The van der Waals surface area contributed by atoms with Crippen molar-refractivity contribution in [3.05, 3.63) is 48.3 Å². The van der Waals surface area contributed by atoms with Crippen LogP contribution in [0.15, 0.2) is 36.9 Å². The summed E-state index contributed by atoms with van der Waals surface area (Å²) in [4.78, 5) is 24.5. The lowest BCUT2D eigenvalue weighted by atomic mass is 9.95. The van der Waals surface area contributed by atoms with Gasteiger partial charge in [0.2, 0.25) is 0 Å². The molecular weight excluding hydrogens is 318 g/mol. The molecule has 0 aromatic carbocycles. The number of imidazole rings is 1. The van der Waals surface area contributed by atoms with Crippen molar-refractivity contribution in [1.82, 2.24) is 24.3 Å². The summed E-state index contributed by atoms with van der Waals surface area (Å²) in [5, 5.41) is 9.70. The average molecular weight is 343 g/mol. The molecule has 0 radical (unpaired) electrons. The fourth-order valence-corrected chi connectivity index (χ4v) is 3.48. The number of carbonyl (C=O) groups is 1. The molecular formula is C18H25N5O2. The van der Waals surface area contributed by atoms with E-state index in [-0.39, 0.29) is 6.04 Å². The van der Waals surface area contributed by atoms with E-state index in [0.29, 0.717) is 13.0 Å². The SMILES string of the molecule is CN(Cc1cccnc1)C1CCN(Cc2nccn2C)C(C(=O)O)C1. The van der Waals surface area contributed by atoms with E-state index in [9.17, 15) is 9.90 Å². The number of hydrogen-bond donors (Lipinski definition) is 1. The maximum atomic E-state index is 11.8. The van der Waals surface area contributed by atoms with E-state index in [4.69, 9.17) is 0 Å². The van der Waals surface area contributed by atoms with E-state index in [1.54, 1.807) is 12.4 Å². The molecule has 0 bridgehead atoms. The molecule has 2 unspecified atom stereocenters. The molecule has 1 N–H and O–H groups in total. The van der Waals surface area contributed by atoms with E-state index >= 15 is 0 Å². The Kier molecular flexibility index (Phi) is 5.45. The highest BCUT2D eigenvalue weighted by Crippen LogP contribution is 2.24. The number of carboxylic acid groups (broad SMARTS) is 1. The number of pyridine rings is 1. The van der Waals surface area contributed by atoms with Crippen molar-refractivity contribution in [2.75, 3.05) is 13.6 Å². The van der Waals surface area contributed by atoms with E-state index in [1.165, 1.54) is 0 Å². The van der Waals surface area contributed by atoms with Gasteiger partial charge in [0, 0.05) is 51.0 Å². The van der Waals surface area contributed by atoms with Gasteiger partial charge in [-0.05, 0) is 31.5 Å². The maximum absolute atomic E-state index is 11.8. The van der Waals surface area contributed by atoms with Crippen LogP contribution >= 0.6 is 0 Å². The quantitative estimate of drug-likeness (QED) is 0.854. The average Bonchev–Trinajstić information content (AvgIpc) is 3.00. The summed E-state index contributed by atoms with van der Waals surface area (Å²) in [5.74, 6) is 0.141. The Morgan fingerprint density at radius 1 is 1.44 bits per heavy atom. The lowest BCUT2D eigenvalue weighted by molar-refractivity contribution is -0.146. The van der Waals surface area contributed by atoms with Crippen molar-refractivity contribution in [2.24, 2.45) is 7.05 Å². The van der Waals surface area contributed by atoms with Gasteiger partial charge < -0.3 is 9.67 Å². The zero-order valence-electron chi connectivity index (χ0n) is 14.7. The lowest BCUT2D eigenvalue weighted by Crippen LogP contribution is -2.52. The third-order valence-electron chi connectivity index (χ3n) is 5.01. The van der Waals surface area contributed by atoms with E-state index in [0.717, 1.165) is 30.9 Å². The van der Waals surface area contributed by atoms with Crippen LogP contribution in [0.5, 0.6) is 0 Å². The van der Waals surface area contributed by atoms with E-state index < -0.39 is 12.0 Å². The smallest absolute Gasteiger partial charge is 0.320 e. The van der Waals surface area contributed by atoms with Gasteiger partial charge in [-0.15, -0.1) is 0 Å². The molecule has 3 rings (SSSR count). The highest BCUT2D eigenvalue weighted by Gasteiger charge is 2.35. The Labute approximate surface area is 147 Å². The molecule has 0 aliphatic carbocycles. The van der Waals surface area contributed by atoms with Gasteiger partial charge in [-0.2, -0.15) is 0 Å². The number of carboxylic acids is 1. The molecule has 2 aromatic rings. The van der Waals surface area contributed by atoms with Crippen molar-refractivity contribution in [1.29, 1.82) is 0 Å². The molecule has 1 saturated heterocycles. The third kappa shape index (κ3) is 4.24. The number of nitrogens with zero attached hydrogens (tertiary/aromatic N) is 5. The number of piperidine rings is 1. The molecule has 0 spiro atoms. The molecule has 1 fully saturated rings. The van der Waals surface area contributed by atoms with Crippen molar-refractivity contribution >= 4 is 5.97 Å². The first-order valence-electron chi connectivity index (χ1n) is 8.57. The monoisotopic (exact) mass is 343 g/mol. The molecule has 0 amide bonds. The topological polar surface area (TPSA) is 74.5 Å². The highest BCUT2D eigenvalue weighted by atomic mass is 16.4. The van der Waals surface area contributed by atoms with Crippen molar-refractivity contribution < 1.29 is 9.90 Å². The minimum absolute atomic E-state index is 0.249. The standard InChI is InChI=1S/C18H25N5O2/c1-21-9-7-20-17(21)13-23-8-5-15(10-16(23)18(24)25)22(2)12-14-4-3-6-19-11-14/h3-4,6-7,9,11,15-16H,5,8,10,12-13H2,1-2H3,(H,24,25). The second kappa shape index (κ2) is 7.76. The second-order valence-corrected chi connectivity index (χ2v) is 6.73. The Morgan fingerprint density at radius 2 is 2.28 bits per heavy atom. The number of likely N-dealkylation sites (tertiary alicyclic amines) is 1. The number of aromatic nitrogens is 3. The number of aryl methyl sites for hydroxylation is 1. The Morgan fingerprint density at radius 3 is 2.92 bits per heavy atom. The number of rotatable bonds is 6. The van der Waals surface area contributed by atoms with Gasteiger partial charge in [-0.3, -0.25) is 19.6 Å². The fourth-order valence-electron chi connectivity index (χ4n) is 3.48. The van der Waals surface area contributed by atoms with E-state index in [2.05, 4.69) is 21.9 Å². The van der Waals surface area contributed by atoms with Gasteiger partial charge in [-0.1, -0.05) is 6.07 Å². The summed E-state index contributed by atoms with van der Waals surface area (Å²) in [7, 11) is 4.00. The molecule has 2 atom stereocenters. The summed E-state index contributed by atoms with van der Waals surface area (Å²) in [6, 6.07) is 3.75.